The zero-order valence-corrected chi connectivity index (χ0v) is 18.1. The van der Waals surface area contributed by atoms with E-state index >= 15 is 0 Å². The van der Waals surface area contributed by atoms with Gasteiger partial charge in [-0.25, -0.2) is 14.8 Å². The standard InChI is InChI=1S/C24H22F3N5O/c1-23(2,33)15-4-6-16(7-5-15)31-22-18-10-11-32(13-21(18)29-14-30-22)17-8-9-20(28-3)19(12-17)24(25,26)27/h4-9,12,14,33H,10-11,13H2,1-2H3,(H,29,30,31). The first-order chi connectivity index (χ1) is 15.6. The van der Waals surface area contributed by atoms with E-state index < -0.39 is 23.0 Å². The molecule has 0 saturated heterocycles. The first-order valence-electron chi connectivity index (χ1n) is 10.3. The van der Waals surface area contributed by atoms with Gasteiger partial charge in [0.2, 0.25) is 0 Å². The van der Waals surface area contributed by atoms with Crippen molar-refractivity contribution in [2.75, 3.05) is 16.8 Å². The summed E-state index contributed by atoms with van der Waals surface area (Å²) in [5.41, 5.74) is 1.36. The summed E-state index contributed by atoms with van der Waals surface area (Å²) in [6.45, 7) is 11.3. The molecule has 1 aliphatic heterocycles. The van der Waals surface area contributed by atoms with Gasteiger partial charge in [-0.1, -0.05) is 18.2 Å². The summed E-state index contributed by atoms with van der Waals surface area (Å²) < 4.78 is 40.1. The van der Waals surface area contributed by atoms with Crippen molar-refractivity contribution in [2.24, 2.45) is 0 Å². The van der Waals surface area contributed by atoms with Crippen LogP contribution in [0, 0.1) is 6.57 Å². The summed E-state index contributed by atoms with van der Waals surface area (Å²) in [4.78, 5) is 13.5. The van der Waals surface area contributed by atoms with Crippen LogP contribution in [0.3, 0.4) is 0 Å². The highest BCUT2D eigenvalue weighted by Crippen LogP contribution is 2.39. The highest BCUT2D eigenvalue weighted by atomic mass is 19.4. The summed E-state index contributed by atoms with van der Waals surface area (Å²) in [5, 5.41) is 13.4. The second kappa shape index (κ2) is 8.37. The number of alkyl halides is 3. The lowest BCUT2D eigenvalue weighted by Crippen LogP contribution is -2.32. The van der Waals surface area contributed by atoms with Gasteiger partial charge in [-0.05, 0) is 50.1 Å². The van der Waals surface area contributed by atoms with Crippen molar-refractivity contribution in [2.45, 2.75) is 38.6 Å². The smallest absolute Gasteiger partial charge is 0.386 e. The van der Waals surface area contributed by atoms with Crippen molar-refractivity contribution in [3.63, 3.8) is 0 Å². The predicted octanol–water partition coefficient (Wildman–Crippen LogP) is 5.58. The summed E-state index contributed by atoms with van der Waals surface area (Å²) >= 11 is 0. The van der Waals surface area contributed by atoms with Crippen molar-refractivity contribution in [1.29, 1.82) is 0 Å². The highest BCUT2D eigenvalue weighted by Gasteiger charge is 2.34. The molecule has 0 bridgehead atoms. The molecule has 0 radical (unpaired) electrons. The molecule has 9 heteroatoms. The number of benzene rings is 2. The summed E-state index contributed by atoms with van der Waals surface area (Å²) in [6.07, 6.45) is -2.62. The normalized spacial score (nSPS) is 13.9. The minimum atomic E-state index is -4.59. The minimum Gasteiger partial charge on any atom is -0.386 e. The van der Waals surface area contributed by atoms with Crippen LogP contribution in [-0.2, 0) is 24.7 Å². The van der Waals surface area contributed by atoms with Gasteiger partial charge in [0.1, 0.15) is 12.1 Å². The van der Waals surface area contributed by atoms with E-state index in [0.29, 0.717) is 31.0 Å². The third-order valence-corrected chi connectivity index (χ3v) is 5.63. The van der Waals surface area contributed by atoms with Crippen LogP contribution in [0.25, 0.3) is 4.85 Å². The Kier molecular flexibility index (Phi) is 5.72. The molecule has 170 valence electrons. The molecule has 1 aliphatic rings. The van der Waals surface area contributed by atoms with E-state index in [2.05, 4.69) is 20.1 Å². The fraction of sp³-hybridized carbons (Fsp3) is 0.292. The maximum Gasteiger partial charge on any atom is 0.407 e. The molecule has 1 aromatic heterocycles. The summed E-state index contributed by atoms with van der Waals surface area (Å²) in [5.74, 6) is 0.648. The number of aliphatic hydroxyl groups is 1. The van der Waals surface area contributed by atoms with Crippen molar-refractivity contribution in [1.82, 2.24) is 9.97 Å². The molecule has 33 heavy (non-hydrogen) atoms. The third kappa shape index (κ3) is 4.76. The van der Waals surface area contributed by atoms with Crippen LogP contribution in [0.15, 0.2) is 48.8 Å². The molecule has 0 aliphatic carbocycles. The number of rotatable bonds is 4. The van der Waals surface area contributed by atoms with Gasteiger partial charge in [0, 0.05) is 23.5 Å². The number of hydrogen-bond donors (Lipinski definition) is 2. The van der Waals surface area contributed by atoms with Crippen LogP contribution in [0.5, 0.6) is 0 Å². The average molecular weight is 453 g/mol. The third-order valence-electron chi connectivity index (χ3n) is 5.63. The number of hydrogen-bond acceptors (Lipinski definition) is 5. The molecular formula is C24H22F3N5O. The molecule has 2 heterocycles. The number of aromatic nitrogens is 2. The average Bonchev–Trinajstić information content (AvgIpc) is 2.77. The van der Waals surface area contributed by atoms with E-state index in [0.717, 1.165) is 28.6 Å². The van der Waals surface area contributed by atoms with Crippen LogP contribution >= 0.6 is 0 Å². The Balaban J connectivity index is 1.57. The zero-order valence-electron chi connectivity index (χ0n) is 18.1. The van der Waals surface area contributed by atoms with E-state index in [1.807, 2.05) is 29.2 Å². The van der Waals surface area contributed by atoms with Gasteiger partial charge in [0.05, 0.1) is 30.0 Å². The zero-order chi connectivity index (χ0) is 23.8. The molecule has 0 fully saturated rings. The van der Waals surface area contributed by atoms with E-state index in [1.54, 1.807) is 13.8 Å². The number of nitrogens with zero attached hydrogens (tertiary/aromatic N) is 4. The Morgan fingerprint density at radius 2 is 1.82 bits per heavy atom. The van der Waals surface area contributed by atoms with E-state index in [4.69, 9.17) is 6.57 Å². The summed E-state index contributed by atoms with van der Waals surface area (Å²) in [6, 6.07) is 11.2. The Bertz CT molecular complexity index is 1210. The van der Waals surface area contributed by atoms with Gasteiger partial charge in [-0.15, -0.1) is 0 Å². The second-order valence-electron chi connectivity index (χ2n) is 8.39. The van der Waals surface area contributed by atoms with Gasteiger partial charge in [0.15, 0.2) is 5.69 Å². The van der Waals surface area contributed by atoms with Gasteiger partial charge in [0.25, 0.3) is 0 Å². The Hall–Kier alpha value is -3.64. The fourth-order valence-electron chi connectivity index (χ4n) is 3.83. The largest absolute Gasteiger partial charge is 0.407 e. The number of halogens is 3. The first-order valence-corrected chi connectivity index (χ1v) is 10.3. The summed E-state index contributed by atoms with van der Waals surface area (Å²) in [7, 11) is 0. The first kappa shape index (κ1) is 22.6. The van der Waals surface area contributed by atoms with Crippen molar-refractivity contribution >= 4 is 22.9 Å². The van der Waals surface area contributed by atoms with Crippen LogP contribution in [0.1, 0.15) is 36.2 Å². The molecule has 0 amide bonds. The lowest BCUT2D eigenvalue weighted by atomic mass is 9.98. The quantitative estimate of drug-likeness (QED) is 0.505. The van der Waals surface area contributed by atoms with Crippen LogP contribution in [-0.4, -0.2) is 21.6 Å². The lowest BCUT2D eigenvalue weighted by Gasteiger charge is -2.31. The molecule has 6 nitrogen and oxygen atoms in total. The van der Waals surface area contributed by atoms with Crippen molar-refractivity contribution < 1.29 is 18.3 Å². The predicted molar refractivity (Wildman–Crippen MR) is 119 cm³/mol. The van der Waals surface area contributed by atoms with Crippen LogP contribution in [0.4, 0.5) is 36.1 Å². The van der Waals surface area contributed by atoms with Gasteiger partial charge < -0.3 is 15.3 Å². The molecule has 0 unspecified atom stereocenters. The molecule has 2 N–H and O–H groups in total. The lowest BCUT2D eigenvalue weighted by molar-refractivity contribution is -0.136. The van der Waals surface area contributed by atoms with Crippen LogP contribution < -0.4 is 10.2 Å². The van der Waals surface area contributed by atoms with E-state index in [-0.39, 0.29) is 0 Å². The fourth-order valence-corrected chi connectivity index (χ4v) is 3.83. The molecule has 0 saturated carbocycles. The molecule has 0 spiro atoms. The van der Waals surface area contributed by atoms with Gasteiger partial charge in [-0.2, -0.15) is 13.2 Å². The molecule has 2 aromatic carbocycles. The maximum absolute atomic E-state index is 13.4. The molecule has 0 atom stereocenters. The minimum absolute atomic E-state index is 0.332. The van der Waals surface area contributed by atoms with Gasteiger partial charge in [-0.3, -0.25) is 0 Å². The molecular weight excluding hydrogens is 431 g/mol. The maximum atomic E-state index is 13.4. The second-order valence-corrected chi connectivity index (χ2v) is 8.39. The number of fused-ring (bicyclic) bond motifs is 1. The van der Waals surface area contributed by atoms with E-state index in [1.165, 1.54) is 18.5 Å². The SMILES string of the molecule is [C-]#[N+]c1ccc(N2CCc3c(ncnc3Nc3ccc(C(C)(C)O)cc3)C2)cc1C(F)(F)F. The Morgan fingerprint density at radius 1 is 1.09 bits per heavy atom. The Labute approximate surface area is 189 Å². The van der Waals surface area contributed by atoms with E-state index in [9.17, 15) is 18.3 Å². The van der Waals surface area contributed by atoms with Crippen LogP contribution in [0.2, 0.25) is 0 Å². The Morgan fingerprint density at radius 3 is 2.45 bits per heavy atom. The number of anilines is 3. The topological polar surface area (TPSA) is 65.6 Å². The molecule has 4 rings (SSSR count). The number of nitrogens with one attached hydrogen (secondary N) is 1. The van der Waals surface area contributed by atoms with Crippen molar-refractivity contribution in [3.8, 4) is 0 Å². The monoisotopic (exact) mass is 453 g/mol. The molecule has 3 aromatic rings. The van der Waals surface area contributed by atoms with Crippen molar-refractivity contribution in [3.05, 3.63) is 82.6 Å². The van der Waals surface area contributed by atoms with Gasteiger partial charge >= 0.3 is 6.18 Å². The highest BCUT2D eigenvalue weighted by molar-refractivity contribution is 5.65.